The van der Waals surface area contributed by atoms with E-state index in [1.54, 1.807) is 24.3 Å². The van der Waals surface area contributed by atoms with Gasteiger partial charge in [0.1, 0.15) is 18.4 Å². The number of aromatic amines is 1. The van der Waals surface area contributed by atoms with Crippen LogP contribution in [0.4, 0.5) is 4.39 Å². The SMILES string of the molecule is O=c1[nH]c(=O)n([C@H]2C[C@@H]3OP(=O)(OCc4cccc(Cl)c4)OC[C@H]3O2)cc1F. The van der Waals surface area contributed by atoms with Crippen molar-refractivity contribution in [1.29, 1.82) is 0 Å². The Hall–Kier alpha value is -1.81. The topological polar surface area (TPSA) is 109 Å². The number of phosphoric acid groups is 1. The van der Waals surface area contributed by atoms with Crippen LogP contribution in [0.2, 0.25) is 5.02 Å². The summed E-state index contributed by atoms with van der Waals surface area (Å²) in [5.74, 6) is -1.12. The maximum absolute atomic E-state index is 13.5. The zero-order chi connectivity index (χ0) is 19.9. The molecule has 4 rings (SSSR count). The fraction of sp³-hybridized carbons (Fsp3) is 0.375. The summed E-state index contributed by atoms with van der Waals surface area (Å²) in [4.78, 5) is 24.9. The monoisotopic (exact) mass is 432 g/mol. The van der Waals surface area contributed by atoms with Gasteiger partial charge in [-0.3, -0.25) is 27.9 Å². The molecule has 3 heterocycles. The van der Waals surface area contributed by atoms with Crippen LogP contribution in [0.25, 0.3) is 0 Å². The fourth-order valence-electron chi connectivity index (χ4n) is 3.02. The Bertz CT molecular complexity index is 1060. The summed E-state index contributed by atoms with van der Waals surface area (Å²) in [6.07, 6.45) is -1.35. The van der Waals surface area contributed by atoms with Crippen molar-refractivity contribution in [2.45, 2.75) is 31.5 Å². The molecule has 4 atom stereocenters. The van der Waals surface area contributed by atoms with Crippen LogP contribution < -0.4 is 11.2 Å². The highest BCUT2D eigenvalue weighted by Crippen LogP contribution is 2.57. The van der Waals surface area contributed by atoms with E-state index in [1.165, 1.54) is 0 Å². The molecular formula is C16H15ClFN2O7P. The molecule has 28 heavy (non-hydrogen) atoms. The van der Waals surface area contributed by atoms with Gasteiger partial charge in [-0.15, -0.1) is 0 Å². The molecule has 1 aromatic heterocycles. The number of fused-ring (bicyclic) bond motifs is 1. The van der Waals surface area contributed by atoms with Gasteiger partial charge in [-0.1, -0.05) is 23.7 Å². The van der Waals surface area contributed by atoms with Gasteiger partial charge in [0, 0.05) is 11.4 Å². The van der Waals surface area contributed by atoms with Gasteiger partial charge in [0.05, 0.1) is 19.4 Å². The average Bonchev–Trinajstić information content (AvgIpc) is 3.06. The third-order valence-electron chi connectivity index (χ3n) is 4.35. The Morgan fingerprint density at radius 3 is 2.96 bits per heavy atom. The maximum atomic E-state index is 13.5. The van der Waals surface area contributed by atoms with Crippen LogP contribution in [-0.4, -0.2) is 28.4 Å². The molecule has 2 saturated heterocycles. The lowest BCUT2D eigenvalue weighted by atomic mass is 10.2. The van der Waals surface area contributed by atoms with Gasteiger partial charge in [0.25, 0.3) is 5.56 Å². The molecule has 2 fully saturated rings. The van der Waals surface area contributed by atoms with Crippen LogP contribution in [0.5, 0.6) is 0 Å². The number of phosphoric ester groups is 1. The summed E-state index contributed by atoms with van der Waals surface area (Å²) in [5.41, 5.74) is -1.25. The lowest BCUT2D eigenvalue weighted by Crippen LogP contribution is -2.34. The predicted octanol–water partition coefficient (Wildman–Crippen LogP) is 2.36. The van der Waals surface area contributed by atoms with Crippen molar-refractivity contribution in [2.75, 3.05) is 6.61 Å². The molecular weight excluding hydrogens is 418 g/mol. The van der Waals surface area contributed by atoms with E-state index in [9.17, 15) is 18.5 Å². The van der Waals surface area contributed by atoms with Crippen LogP contribution in [0.3, 0.4) is 0 Å². The summed E-state index contributed by atoms with van der Waals surface area (Å²) in [7, 11) is -3.85. The first kappa shape index (κ1) is 19.5. The van der Waals surface area contributed by atoms with Crippen molar-refractivity contribution in [3.8, 4) is 0 Å². The number of rotatable bonds is 4. The van der Waals surface area contributed by atoms with Crippen molar-refractivity contribution in [3.63, 3.8) is 0 Å². The van der Waals surface area contributed by atoms with Crippen molar-refractivity contribution in [1.82, 2.24) is 9.55 Å². The summed E-state index contributed by atoms with van der Waals surface area (Å²) in [6.45, 7) is -0.126. The highest BCUT2D eigenvalue weighted by atomic mass is 35.5. The van der Waals surface area contributed by atoms with Crippen molar-refractivity contribution < 1.29 is 27.3 Å². The average molecular weight is 433 g/mol. The highest BCUT2D eigenvalue weighted by Gasteiger charge is 2.48. The lowest BCUT2D eigenvalue weighted by Gasteiger charge is -2.29. The smallest absolute Gasteiger partial charge is 0.349 e. The van der Waals surface area contributed by atoms with Gasteiger partial charge in [-0.25, -0.2) is 9.36 Å². The zero-order valence-corrected chi connectivity index (χ0v) is 15.9. The molecule has 12 heteroatoms. The van der Waals surface area contributed by atoms with Gasteiger partial charge in [0.15, 0.2) is 0 Å². The number of hydrogen-bond donors (Lipinski definition) is 1. The number of nitrogens with zero attached hydrogens (tertiary/aromatic N) is 1. The molecule has 2 aliphatic heterocycles. The second kappa shape index (κ2) is 7.55. The maximum Gasteiger partial charge on any atom is 0.475 e. The summed E-state index contributed by atoms with van der Waals surface area (Å²) in [5, 5.41) is 0.510. The molecule has 0 bridgehead atoms. The van der Waals surface area contributed by atoms with Crippen LogP contribution in [0, 0.1) is 5.82 Å². The van der Waals surface area contributed by atoms with Crippen LogP contribution in [-0.2, 0) is 29.5 Å². The van der Waals surface area contributed by atoms with Crippen LogP contribution >= 0.6 is 19.4 Å². The fourth-order valence-corrected chi connectivity index (χ4v) is 4.62. The molecule has 1 N–H and O–H groups in total. The van der Waals surface area contributed by atoms with Crippen molar-refractivity contribution in [3.05, 3.63) is 67.7 Å². The normalized spacial score (nSPS) is 29.6. The number of aromatic nitrogens is 2. The molecule has 2 aromatic rings. The first-order valence-corrected chi connectivity index (χ1v) is 10.2. The second-order valence-corrected chi connectivity index (χ2v) is 8.36. The van der Waals surface area contributed by atoms with Gasteiger partial charge in [-0.2, -0.15) is 4.39 Å². The van der Waals surface area contributed by atoms with Gasteiger partial charge in [-0.05, 0) is 17.7 Å². The van der Waals surface area contributed by atoms with E-state index < -0.39 is 43.3 Å². The lowest BCUT2D eigenvalue weighted by molar-refractivity contribution is -0.0731. The standard InChI is InChI=1S/C16H15ClFN2O7P/c17-10-3-1-2-9(4-10)7-24-28(23)25-8-13-12(27-28)5-14(26-13)20-6-11(18)15(21)19-16(20)22/h1-4,6,12-14H,5,7-8H2,(H,19,21,22)/t12-,13+,14+,28?/m0/s1. The van der Waals surface area contributed by atoms with Crippen LogP contribution in [0.1, 0.15) is 18.2 Å². The third kappa shape index (κ3) is 3.98. The Morgan fingerprint density at radius 1 is 1.36 bits per heavy atom. The van der Waals surface area contributed by atoms with Gasteiger partial charge < -0.3 is 4.74 Å². The number of nitrogens with one attached hydrogen (secondary N) is 1. The molecule has 0 saturated carbocycles. The Morgan fingerprint density at radius 2 is 2.18 bits per heavy atom. The highest BCUT2D eigenvalue weighted by molar-refractivity contribution is 7.48. The minimum absolute atomic E-state index is 0.0376. The van der Waals surface area contributed by atoms with Gasteiger partial charge >= 0.3 is 13.5 Å². The van der Waals surface area contributed by atoms with Crippen LogP contribution in [0.15, 0.2) is 40.1 Å². The number of H-pyrrole nitrogens is 1. The van der Waals surface area contributed by atoms with E-state index in [0.29, 0.717) is 10.6 Å². The molecule has 1 aromatic carbocycles. The molecule has 2 aliphatic rings. The molecule has 9 nitrogen and oxygen atoms in total. The summed E-state index contributed by atoms with van der Waals surface area (Å²) in [6, 6.07) is 6.83. The van der Waals surface area contributed by atoms with E-state index in [0.717, 1.165) is 10.8 Å². The second-order valence-electron chi connectivity index (χ2n) is 6.30. The number of ether oxygens (including phenoxy) is 1. The zero-order valence-electron chi connectivity index (χ0n) is 14.2. The molecule has 0 spiro atoms. The van der Waals surface area contributed by atoms with Crippen molar-refractivity contribution in [2.24, 2.45) is 0 Å². The minimum Gasteiger partial charge on any atom is -0.349 e. The largest absolute Gasteiger partial charge is 0.475 e. The Kier molecular flexibility index (Phi) is 5.26. The molecule has 0 radical (unpaired) electrons. The van der Waals surface area contributed by atoms with Crippen molar-refractivity contribution >= 4 is 19.4 Å². The first-order valence-electron chi connectivity index (χ1n) is 8.31. The van der Waals surface area contributed by atoms with E-state index in [4.69, 9.17) is 29.9 Å². The Labute approximate surface area is 162 Å². The molecule has 0 amide bonds. The molecule has 1 unspecified atom stereocenters. The van der Waals surface area contributed by atoms with E-state index >= 15 is 0 Å². The summed E-state index contributed by atoms with van der Waals surface area (Å²) < 4.78 is 48.8. The number of halogens is 2. The quantitative estimate of drug-likeness (QED) is 0.739. The van der Waals surface area contributed by atoms with E-state index in [1.807, 2.05) is 4.98 Å². The molecule has 0 aliphatic carbocycles. The third-order valence-corrected chi connectivity index (χ3v) is 6.03. The number of benzene rings is 1. The van der Waals surface area contributed by atoms with Gasteiger partial charge in [0.2, 0.25) is 5.82 Å². The Balaban J connectivity index is 1.44. The number of hydrogen-bond acceptors (Lipinski definition) is 7. The minimum atomic E-state index is -3.85. The van der Waals surface area contributed by atoms with E-state index in [-0.39, 0.29) is 19.6 Å². The molecule has 150 valence electrons. The van der Waals surface area contributed by atoms with E-state index in [2.05, 4.69) is 0 Å². The summed E-state index contributed by atoms with van der Waals surface area (Å²) >= 11 is 5.90. The first-order chi connectivity index (χ1) is 13.3. The predicted molar refractivity (Wildman–Crippen MR) is 94.5 cm³/mol.